The van der Waals surface area contributed by atoms with Gasteiger partial charge in [0.25, 0.3) is 0 Å². The Balaban J connectivity index is 2.23. The van der Waals surface area contributed by atoms with Crippen LogP contribution in [0, 0.1) is 0 Å². The van der Waals surface area contributed by atoms with Crippen molar-refractivity contribution in [2.75, 3.05) is 12.4 Å². The second-order valence-electron chi connectivity index (χ2n) is 6.89. The first-order chi connectivity index (χ1) is 10.6. The maximum atomic E-state index is 12.0. The molecule has 6 nitrogen and oxygen atoms in total. The van der Waals surface area contributed by atoms with Crippen LogP contribution in [0.5, 0.6) is 5.75 Å². The first-order valence-electron chi connectivity index (χ1n) is 7.55. The van der Waals surface area contributed by atoms with Crippen LogP contribution in [0.15, 0.2) is 18.2 Å². The third kappa shape index (κ3) is 4.37. The summed E-state index contributed by atoms with van der Waals surface area (Å²) < 4.78 is 10.5. The predicted octanol–water partition coefficient (Wildman–Crippen LogP) is 3.55. The van der Waals surface area contributed by atoms with E-state index in [0.29, 0.717) is 11.4 Å². The maximum Gasteiger partial charge on any atom is 0.412 e. The van der Waals surface area contributed by atoms with E-state index in [1.807, 2.05) is 6.07 Å². The highest BCUT2D eigenvalue weighted by Gasteiger charge is 2.46. The minimum absolute atomic E-state index is 0.0885. The number of carbonyl (C=O) groups is 2. The number of carbonyl (C=O) groups excluding carboxylic acids is 1. The fourth-order valence-corrected chi connectivity index (χ4v) is 2.56. The number of carboxylic acids is 1. The fraction of sp³-hybridized carbons (Fsp3) is 0.529. The Labute approximate surface area is 135 Å². The maximum absolute atomic E-state index is 12.0. The first-order valence-corrected chi connectivity index (χ1v) is 7.55. The van der Waals surface area contributed by atoms with Crippen LogP contribution in [0.4, 0.5) is 10.5 Å². The average Bonchev–Trinajstić information content (AvgIpc) is 3.16. The van der Waals surface area contributed by atoms with Crippen molar-refractivity contribution < 1.29 is 24.2 Å². The van der Waals surface area contributed by atoms with Crippen molar-refractivity contribution in [3.05, 3.63) is 23.8 Å². The van der Waals surface area contributed by atoms with Crippen molar-refractivity contribution in [2.45, 2.75) is 51.0 Å². The van der Waals surface area contributed by atoms with Crippen LogP contribution in [0.25, 0.3) is 0 Å². The third-order valence-electron chi connectivity index (χ3n) is 3.79. The summed E-state index contributed by atoms with van der Waals surface area (Å²) in [6.07, 6.45) is 1.18. The lowest BCUT2D eigenvalue weighted by molar-refractivity contribution is -0.137. The summed E-state index contributed by atoms with van der Waals surface area (Å²) in [5.41, 5.74) is 0.445. The van der Waals surface area contributed by atoms with Gasteiger partial charge in [0, 0.05) is 5.41 Å². The Hall–Kier alpha value is -2.24. The van der Waals surface area contributed by atoms with Crippen LogP contribution in [-0.2, 0) is 14.9 Å². The lowest BCUT2D eigenvalue weighted by Gasteiger charge is -2.21. The molecule has 126 valence electrons. The molecule has 1 saturated carbocycles. The number of hydrogen-bond donors (Lipinski definition) is 2. The Morgan fingerprint density at radius 1 is 1.30 bits per heavy atom. The number of anilines is 1. The minimum atomic E-state index is -0.819. The first kappa shape index (κ1) is 17.1. The van der Waals surface area contributed by atoms with Gasteiger partial charge in [0.2, 0.25) is 0 Å². The van der Waals surface area contributed by atoms with Crippen molar-refractivity contribution in [1.29, 1.82) is 0 Å². The Kier molecular flexibility index (Phi) is 4.54. The van der Waals surface area contributed by atoms with Crippen molar-refractivity contribution >= 4 is 17.7 Å². The van der Waals surface area contributed by atoms with Crippen molar-refractivity contribution in [3.63, 3.8) is 0 Å². The van der Waals surface area contributed by atoms with E-state index in [4.69, 9.17) is 14.6 Å². The molecule has 0 aliphatic heterocycles. The monoisotopic (exact) mass is 321 g/mol. The molecule has 0 aromatic heterocycles. The van der Waals surface area contributed by atoms with Crippen LogP contribution in [0.3, 0.4) is 0 Å². The molecule has 0 radical (unpaired) electrons. The van der Waals surface area contributed by atoms with Crippen LogP contribution in [0.2, 0.25) is 0 Å². The molecule has 23 heavy (non-hydrogen) atoms. The van der Waals surface area contributed by atoms with Gasteiger partial charge in [0.1, 0.15) is 11.4 Å². The van der Waals surface area contributed by atoms with E-state index in [1.54, 1.807) is 32.9 Å². The van der Waals surface area contributed by atoms with Crippen LogP contribution < -0.4 is 10.1 Å². The molecule has 2 N–H and O–H groups in total. The number of nitrogens with one attached hydrogen (secondary N) is 1. The van der Waals surface area contributed by atoms with E-state index in [9.17, 15) is 9.59 Å². The van der Waals surface area contributed by atoms with Gasteiger partial charge in [-0.15, -0.1) is 0 Å². The Morgan fingerprint density at radius 3 is 2.43 bits per heavy atom. The topological polar surface area (TPSA) is 84.9 Å². The van der Waals surface area contributed by atoms with Crippen molar-refractivity contribution in [3.8, 4) is 5.75 Å². The summed E-state index contributed by atoms with van der Waals surface area (Å²) >= 11 is 0. The van der Waals surface area contributed by atoms with Gasteiger partial charge in [-0.25, -0.2) is 4.79 Å². The van der Waals surface area contributed by atoms with E-state index in [1.165, 1.54) is 7.11 Å². The molecule has 1 aliphatic carbocycles. The van der Waals surface area contributed by atoms with Gasteiger partial charge < -0.3 is 14.6 Å². The highest BCUT2D eigenvalue weighted by Crippen LogP contribution is 2.52. The molecule has 1 fully saturated rings. The van der Waals surface area contributed by atoms with Gasteiger partial charge >= 0.3 is 12.1 Å². The predicted molar refractivity (Wildman–Crippen MR) is 86.0 cm³/mol. The number of rotatable bonds is 5. The second kappa shape index (κ2) is 6.10. The van der Waals surface area contributed by atoms with Crippen LogP contribution in [-0.4, -0.2) is 29.9 Å². The van der Waals surface area contributed by atoms with Gasteiger partial charge in [-0.3, -0.25) is 10.1 Å². The summed E-state index contributed by atoms with van der Waals surface area (Å²) in [5, 5.41) is 11.8. The molecule has 0 heterocycles. The molecule has 0 bridgehead atoms. The molecule has 1 aromatic carbocycles. The Bertz CT molecular complexity index is 614. The van der Waals surface area contributed by atoms with Crippen molar-refractivity contribution in [2.24, 2.45) is 0 Å². The van der Waals surface area contributed by atoms with E-state index < -0.39 is 17.7 Å². The number of methoxy groups -OCH3 is 1. The number of carboxylic acid groups (broad SMARTS) is 1. The zero-order valence-electron chi connectivity index (χ0n) is 13.9. The molecule has 2 rings (SSSR count). The average molecular weight is 321 g/mol. The lowest BCUT2D eigenvalue weighted by Crippen LogP contribution is -2.27. The number of benzene rings is 1. The summed E-state index contributed by atoms with van der Waals surface area (Å²) in [4.78, 5) is 23.0. The SMILES string of the molecule is COc1ccc(C2(CC(=O)O)CC2)cc1NC(=O)OC(C)(C)C. The standard InChI is InChI=1S/C17H23NO5/c1-16(2,3)23-15(21)18-12-9-11(5-6-13(12)22-4)17(7-8-17)10-14(19)20/h5-6,9H,7-8,10H2,1-4H3,(H,18,21)(H,19,20). The highest BCUT2D eigenvalue weighted by molar-refractivity contribution is 5.87. The fourth-order valence-electron chi connectivity index (χ4n) is 2.56. The lowest BCUT2D eigenvalue weighted by atomic mass is 9.92. The van der Waals surface area contributed by atoms with Crippen molar-refractivity contribution in [1.82, 2.24) is 0 Å². The Morgan fingerprint density at radius 2 is 1.96 bits per heavy atom. The molecular weight excluding hydrogens is 298 g/mol. The quantitative estimate of drug-likeness (QED) is 0.866. The normalized spacial score (nSPS) is 15.7. The molecule has 1 aromatic rings. The van der Waals surface area contributed by atoms with Gasteiger partial charge in [-0.2, -0.15) is 0 Å². The summed E-state index contributed by atoms with van der Waals surface area (Å²) in [7, 11) is 1.51. The molecule has 6 heteroatoms. The number of aliphatic carboxylic acids is 1. The van der Waals surface area contributed by atoms with Gasteiger partial charge in [0.05, 0.1) is 19.2 Å². The minimum Gasteiger partial charge on any atom is -0.495 e. The van der Waals surface area contributed by atoms with E-state index in [2.05, 4.69) is 5.32 Å². The third-order valence-corrected chi connectivity index (χ3v) is 3.79. The van der Waals surface area contributed by atoms with E-state index in [0.717, 1.165) is 18.4 Å². The number of hydrogen-bond acceptors (Lipinski definition) is 4. The summed E-state index contributed by atoms with van der Waals surface area (Å²) in [6, 6.07) is 5.37. The zero-order valence-corrected chi connectivity index (χ0v) is 13.9. The molecule has 0 atom stereocenters. The molecule has 1 amide bonds. The van der Waals surface area contributed by atoms with Gasteiger partial charge in [-0.05, 0) is 51.3 Å². The number of amides is 1. The highest BCUT2D eigenvalue weighted by atomic mass is 16.6. The largest absolute Gasteiger partial charge is 0.495 e. The molecule has 0 unspecified atom stereocenters. The summed E-state index contributed by atoms with van der Waals surface area (Å²) in [5.74, 6) is -0.314. The number of ether oxygens (including phenoxy) is 2. The van der Waals surface area contributed by atoms with Crippen LogP contribution in [0.1, 0.15) is 45.6 Å². The molecule has 0 saturated heterocycles. The summed E-state index contributed by atoms with van der Waals surface area (Å²) in [6.45, 7) is 5.35. The van der Waals surface area contributed by atoms with Gasteiger partial charge in [0.15, 0.2) is 0 Å². The zero-order chi connectivity index (χ0) is 17.3. The van der Waals surface area contributed by atoms with Gasteiger partial charge in [-0.1, -0.05) is 6.07 Å². The molecular formula is C17H23NO5. The molecule has 0 spiro atoms. The van der Waals surface area contributed by atoms with E-state index in [-0.39, 0.29) is 11.8 Å². The smallest absolute Gasteiger partial charge is 0.412 e. The van der Waals surface area contributed by atoms with E-state index >= 15 is 0 Å². The second-order valence-corrected chi connectivity index (χ2v) is 6.89. The van der Waals surface area contributed by atoms with Crippen LogP contribution >= 0.6 is 0 Å². The molecule has 1 aliphatic rings.